The number of halogens is 2. The van der Waals surface area contributed by atoms with E-state index in [2.05, 4.69) is 15.9 Å². The molecule has 82 valence electrons. The molecule has 0 amide bonds. The van der Waals surface area contributed by atoms with E-state index in [1.165, 1.54) is 0 Å². The lowest BCUT2D eigenvalue weighted by Crippen LogP contribution is -2.37. The molecule has 1 aromatic rings. The Morgan fingerprint density at radius 1 is 1.20 bits per heavy atom. The van der Waals surface area contributed by atoms with E-state index in [1.807, 2.05) is 24.3 Å². The quantitative estimate of drug-likeness (QED) is 0.769. The first-order valence-electron chi connectivity index (χ1n) is 4.99. The number of hydrogen-bond donors (Lipinski definition) is 0. The maximum Gasteiger partial charge on any atom is 0.179 e. The van der Waals surface area contributed by atoms with Crippen LogP contribution in [0.4, 0.5) is 4.39 Å². The van der Waals surface area contributed by atoms with Crippen molar-refractivity contribution in [1.29, 1.82) is 0 Å². The molecule has 1 aliphatic rings. The number of nitrogens with zero attached hydrogens (tertiary/aromatic N) is 1. The van der Waals surface area contributed by atoms with Crippen LogP contribution < -0.4 is 0 Å². The van der Waals surface area contributed by atoms with Gasteiger partial charge in [-0.3, -0.25) is 4.90 Å². The molecule has 0 bridgehead atoms. The van der Waals surface area contributed by atoms with Crippen molar-refractivity contribution in [1.82, 2.24) is 4.90 Å². The van der Waals surface area contributed by atoms with Gasteiger partial charge in [0, 0.05) is 23.1 Å². The number of morpholine rings is 1. The third-order valence-electron chi connectivity index (χ3n) is 2.51. The summed E-state index contributed by atoms with van der Waals surface area (Å²) in [6, 6.07) is 7.35. The van der Waals surface area contributed by atoms with Crippen LogP contribution in [0.2, 0.25) is 0 Å². The summed E-state index contributed by atoms with van der Waals surface area (Å²) in [5, 5.41) is 0. The van der Waals surface area contributed by atoms with E-state index in [1.54, 1.807) is 4.90 Å². The average molecular weight is 274 g/mol. The minimum absolute atomic E-state index is 0.622. The van der Waals surface area contributed by atoms with Crippen molar-refractivity contribution in [3.63, 3.8) is 0 Å². The van der Waals surface area contributed by atoms with Gasteiger partial charge in [-0.1, -0.05) is 28.1 Å². The second-order valence-corrected chi connectivity index (χ2v) is 4.45. The summed E-state index contributed by atoms with van der Waals surface area (Å²) in [5.74, 6) is 0. The molecule has 0 spiro atoms. The van der Waals surface area contributed by atoms with E-state index in [0.717, 1.165) is 4.47 Å². The molecule has 0 N–H and O–H groups in total. The average Bonchev–Trinajstić information content (AvgIpc) is 2.30. The fourth-order valence-electron chi connectivity index (χ4n) is 1.64. The minimum Gasteiger partial charge on any atom is -0.379 e. The molecular formula is C11H13BrFNO. The van der Waals surface area contributed by atoms with E-state index in [4.69, 9.17) is 4.74 Å². The minimum atomic E-state index is -1.01. The van der Waals surface area contributed by atoms with Gasteiger partial charge in [-0.25, -0.2) is 4.39 Å². The number of alkyl halides is 1. The molecule has 1 heterocycles. The Hall–Kier alpha value is -0.450. The Kier molecular flexibility index (Phi) is 3.72. The van der Waals surface area contributed by atoms with E-state index in [-0.39, 0.29) is 0 Å². The summed E-state index contributed by atoms with van der Waals surface area (Å²) in [5.41, 5.74) is 0.708. The van der Waals surface area contributed by atoms with Gasteiger partial charge < -0.3 is 4.74 Å². The molecule has 1 fully saturated rings. The first kappa shape index (κ1) is 11.0. The molecule has 0 saturated carbocycles. The zero-order chi connectivity index (χ0) is 10.7. The second kappa shape index (κ2) is 5.05. The zero-order valence-electron chi connectivity index (χ0n) is 8.33. The van der Waals surface area contributed by atoms with Gasteiger partial charge in [-0.15, -0.1) is 0 Å². The number of rotatable bonds is 2. The van der Waals surface area contributed by atoms with Gasteiger partial charge in [-0.05, 0) is 12.1 Å². The Bertz CT molecular complexity index is 311. The number of hydrogen-bond acceptors (Lipinski definition) is 2. The summed E-state index contributed by atoms with van der Waals surface area (Å²) in [6.45, 7) is 2.57. The van der Waals surface area contributed by atoms with E-state index < -0.39 is 6.30 Å². The Morgan fingerprint density at radius 2 is 1.80 bits per heavy atom. The molecule has 1 aliphatic heterocycles. The van der Waals surface area contributed by atoms with Crippen LogP contribution in [0, 0.1) is 0 Å². The van der Waals surface area contributed by atoms with Crippen molar-refractivity contribution >= 4 is 15.9 Å². The second-order valence-electron chi connectivity index (χ2n) is 3.54. The Balaban J connectivity index is 2.05. The summed E-state index contributed by atoms with van der Waals surface area (Å²) >= 11 is 3.33. The fourth-order valence-corrected chi connectivity index (χ4v) is 1.90. The van der Waals surface area contributed by atoms with Crippen LogP contribution in [0.15, 0.2) is 28.7 Å². The standard InChI is InChI=1S/C11H13BrFNO/c12-10-3-1-9(2-4-10)11(13)14-5-7-15-8-6-14/h1-4,11H,5-8H2. The SMILES string of the molecule is FC(c1ccc(Br)cc1)N1CCOCC1. The van der Waals surface area contributed by atoms with Gasteiger partial charge in [0.15, 0.2) is 6.30 Å². The van der Waals surface area contributed by atoms with Crippen molar-refractivity contribution in [2.75, 3.05) is 26.3 Å². The van der Waals surface area contributed by atoms with Gasteiger partial charge in [0.1, 0.15) is 0 Å². The van der Waals surface area contributed by atoms with E-state index >= 15 is 0 Å². The molecule has 2 nitrogen and oxygen atoms in total. The molecule has 15 heavy (non-hydrogen) atoms. The normalized spacial score (nSPS) is 20.1. The molecule has 4 heteroatoms. The number of benzene rings is 1. The lowest BCUT2D eigenvalue weighted by Gasteiger charge is -2.29. The fraction of sp³-hybridized carbons (Fsp3) is 0.455. The molecular weight excluding hydrogens is 261 g/mol. The largest absolute Gasteiger partial charge is 0.379 e. The van der Waals surface area contributed by atoms with Crippen LogP contribution >= 0.6 is 15.9 Å². The predicted octanol–water partition coefficient (Wildman–Crippen LogP) is 2.75. The molecule has 1 atom stereocenters. The Morgan fingerprint density at radius 3 is 2.40 bits per heavy atom. The summed E-state index contributed by atoms with van der Waals surface area (Å²) in [4.78, 5) is 1.80. The Labute approximate surface area is 97.2 Å². The summed E-state index contributed by atoms with van der Waals surface area (Å²) in [7, 11) is 0. The van der Waals surface area contributed by atoms with Crippen LogP contribution in [0.3, 0.4) is 0 Å². The first-order valence-corrected chi connectivity index (χ1v) is 5.78. The van der Waals surface area contributed by atoms with Crippen LogP contribution in [0.25, 0.3) is 0 Å². The van der Waals surface area contributed by atoms with Crippen LogP contribution in [0.1, 0.15) is 11.9 Å². The van der Waals surface area contributed by atoms with Crippen molar-refractivity contribution < 1.29 is 9.13 Å². The highest BCUT2D eigenvalue weighted by Gasteiger charge is 2.21. The zero-order valence-corrected chi connectivity index (χ0v) is 9.91. The summed E-state index contributed by atoms with van der Waals surface area (Å²) < 4.78 is 20.2. The highest BCUT2D eigenvalue weighted by molar-refractivity contribution is 9.10. The highest BCUT2D eigenvalue weighted by atomic mass is 79.9. The predicted molar refractivity (Wildman–Crippen MR) is 60.4 cm³/mol. The molecule has 1 aromatic carbocycles. The molecule has 0 radical (unpaired) electrons. The maximum atomic E-state index is 14.0. The number of ether oxygens (including phenoxy) is 1. The van der Waals surface area contributed by atoms with Gasteiger partial charge >= 0.3 is 0 Å². The maximum absolute atomic E-state index is 14.0. The van der Waals surface area contributed by atoms with Crippen LogP contribution in [0.5, 0.6) is 0 Å². The van der Waals surface area contributed by atoms with Crippen molar-refractivity contribution in [2.45, 2.75) is 6.30 Å². The van der Waals surface area contributed by atoms with Crippen molar-refractivity contribution in [3.8, 4) is 0 Å². The van der Waals surface area contributed by atoms with Crippen molar-refractivity contribution in [3.05, 3.63) is 34.3 Å². The monoisotopic (exact) mass is 273 g/mol. The molecule has 0 aliphatic carbocycles. The van der Waals surface area contributed by atoms with Gasteiger partial charge in [0.25, 0.3) is 0 Å². The van der Waals surface area contributed by atoms with Gasteiger partial charge in [0.05, 0.1) is 13.2 Å². The van der Waals surface area contributed by atoms with Gasteiger partial charge in [-0.2, -0.15) is 0 Å². The third-order valence-corrected chi connectivity index (χ3v) is 3.04. The highest BCUT2D eigenvalue weighted by Crippen LogP contribution is 2.24. The molecule has 0 aromatic heterocycles. The smallest absolute Gasteiger partial charge is 0.179 e. The summed E-state index contributed by atoms with van der Waals surface area (Å²) in [6.07, 6.45) is -1.01. The van der Waals surface area contributed by atoms with Crippen LogP contribution in [-0.2, 0) is 4.74 Å². The lowest BCUT2D eigenvalue weighted by molar-refractivity contribution is -0.0216. The molecule has 2 rings (SSSR count). The van der Waals surface area contributed by atoms with Crippen molar-refractivity contribution in [2.24, 2.45) is 0 Å². The topological polar surface area (TPSA) is 12.5 Å². The van der Waals surface area contributed by atoms with Gasteiger partial charge in [0.2, 0.25) is 0 Å². The molecule has 1 unspecified atom stereocenters. The first-order chi connectivity index (χ1) is 7.27. The lowest BCUT2D eigenvalue weighted by atomic mass is 10.2. The van der Waals surface area contributed by atoms with E-state index in [9.17, 15) is 4.39 Å². The molecule has 1 saturated heterocycles. The van der Waals surface area contributed by atoms with E-state index in [0.29, 0.717) is 31.9 Å². The third kappa shape index (κ3) is 2.77. The van der Waals surface area contributed by atoms with Crippen LogP contribution in [-0.4, -0.2) is 31.2 Å².